The highest BCUT2D eigenvalue weighted by molar-refractivity contribution is 5.24. The van der Waals surface area contributed by atoms with Gasteiger partial charge in [0.25, 0.3) is 0 Å². The first-order chi connectivity index (χ1) is 8.25. The van der Waals surface area contributed by atoms with Crippen LogP contribution in [-0.4, -0.2) is 14.8 Å². The Bertz CT molecular complexity index is 402. The molecule has 0 atom stereocenters. The maximum atomic E-state index is 4.26. The van der Waals surface area contributed by atoms with Crippen LogP contribution in [0.15, 0.2) is 30.7 Å². The summed E-state index contributed by atoms with van der Waals surface area (Å²) in [7, 11) is 0. The molecule has 94 valence electrons. The summed E-state index contributed by atoms with van der Waals surface area (Å²) in [6.45, 7) is 12.0. The van der Waals surface area contributed by atoms with Gasteiger partial charge in [-0.3, -0.25) is 0 Å². The second-order valence-corrected chi connectivity index (χ2v) is 3.16. The van der Waals surface area contributed by atoms with Gasteiger partial charge < -0.3 is 0 Å². The van der Waals surface area contributed by atoms with Crippen molar-refractivity contribution in [3.63, 3.8) is 0 Å². The SMILES string of the molecule is CC.CC.Cc1ccc(-n2cc(C)cn2)nc1. The molecule has 0 aliphatic rings. The highest BCUT2D eigenvalue weighted by Gasteiger charge is 1.97. The van der Waals surface area contributed by atoms with Gasteiger partial charge in [0.2, 0.25) is 0 Å². The lowest BCUT2D eigenvalue weighted by Crippen LogP contribution is -1.96. The maximum Gasteiger partial charge on any atom is 0.153 e. The van der Waals surface area contributed by atoms with Gasteiger partial charge in [-0.15, -0.1) is 0 Å². The van der Waals surface area contributed by atoms with E-state index in [2.05, 4.69) is 10.1 Å². The molecule has 0 spiro atoms. The smallest absolute Gasteiger partial charge is 0.153 e. The Labute approximate surface area is 105 Å². The largest absolute Gasteiger partial charge is 0.237 e. The second-order valence-electron chi connectivity index (χ2n) is 3.16. The molecule has 2 heterocycles. The topological polar surface area (TPSA) is 30.7 Å². The number of hydrogen-bond acceptors (Lipinski definition) is 2. The number of aromatic nitrogens is 3. The Hall–Kier alpha value is -1.64. The second kappa shape index (κ2) is 8.50. The Kier molecular flexibility index (Phi) is 7.68. The predicted molar refractivity (Wildman–Crippen MR) is 73.5 cm³/mol. The van der Waals surface area contributed by atoms with Crippen LogP contribution in [0.5, 0.6) is 0 Å². The zero-order valence-corrected chi connectivity index (χ0v) is 11.7. The van der Waals surface area contributed by atoms with Crippen molar-refractivity contribution in [1.82, 2.24) is 14.8 Å². The van der Waals surface area contributed by atoms with Gasteiger partial charge in [-0.05, 0) is 31.0 Å². The summed E-state index contributed by atoms with van der Waals surface area (Å²) < 4.78 is 1.77. The Morgan fingerprint density at radius 2 is 1.53 bits per heavy atom. The molecule has 0 aliphatic heterocycles. The lowest BCUT2D eigenvalue weighted by Gasteiger charge is -1.99. The number of rotatable bonds is 1. The lowest BCUT2D eigenvalue weighted by atomic mass is 10.3. The Balaban J connectivity index is 0.000000581. The molecule has 0 aliphatic carbocycles. The summed E-state index contributed by atoms with van der Waals surface area (Å²) in [5.74, 6) is 0.860. The zero-order chi connectivity index (χ0) is 13.3. The molecule has 0 fully saturated rings. The number of hydrogen-bond donors (Lipinski definition) is 0. The normalized spacial score (nSPS) is 8.59. The van der Waals surface area contributed by atoms with Crippen molar-refractivity contribution in [2.24, 2.45) is 0 Å². The lowest BCUT2D eigenvalue weighted by molar-refractivity contribution is 0.845. The Morgan fingerprint density at radius 1 is 0.882 bits per heavy atom. The van der Waals surface area contributed by atoms with E-state index in [9.17, 15) is 0 Å². The third kappa shape index (κ3) is 4.81. The predicted octanol–water partition coefficient (Wildman–Crippen LogP) is 3.94. The van der Waals surface area contributed by atoms with Crippen LogP contribution in [0.3, 0.4) is 0 Å². The van der Waals surface area contributed by atoms with Crippen LogP contribution >= 0.6 is 0 Å². The fraction of sp³-hybridized carbons (Fsp3) is 0.429. The highest BCUT2D eigenvalue weighted by Crippen LogP contribution is 2.05. The highest BCUT2D eigenvalue weighted by atomic mass is 15.3. The van der Waals surface area contributed by atoms with Gasteiger partial charge in [-0.1, -0.05) is 33.8 Å². The number of pyridine rings is 1. The van der Waals surface area contributed by atoms with E-state index in [0.717, 1.165) is 16.9 Å². The monoisotopic (exact) mass is 233 g/mol. The summed E-state index contributed by atoms with van der Waals surface area (Å²) >= 11 is 0. The molecule has 3 nitrogen and oxygen atoms in total. The summed E-state index contributed by atoms with van der Waals surface area (Å²) in [4.78, 5) is 4.26. The fourth-order valence-electron chi connectivity index (χ4n) is 1.13. The third-order valence-corrected chi connectivity index (χ3v) is 1.84. The fourth-order valence-corrected chi connectivity index (χ4v) is 1.13. The van der Waals surface area contributed by atoms with Gasteiger partial charge in [0.1, 0.15) is 0 Å². The Morgan fingerprint density at radius 3 is 1.94 bits per heavy atom. The minimum Gasteiger partial charge on any atom is -0.237 e. The van der Waals surface area contributed by atoms with Crippen molar-refractivity contribution in [2.75, 3.05) is 0 Å². The number of aryl methyl sites for hydroxylation is 2. The van der Waals surface area contributed by atoms with Crippen molar-refractivity contribution in [3.8, 4) is 5.82 Å². The minimum absolute atomic E-state index is 0.860. The van der Waals surface area contributed by atoms with Gasteiger partial charge in [0.15, 0.2) is 5.82 Å². The molecule has 0 saturated heterocycles. The van der Waals surface area contributed by atoms with E-state index in [4.69, 9.17) is 0 Å². The van der Waals surface area contributed by atoms with E-state index in [-0.39, 0.29) is 0 Å². The zero-order valence-electron chi connectivity index (χ0n) is 11.7. The molecule has 17 heavy (non-hydrogen) atoms. The van der Waals surface area contributed by atoms with Crippen LogP contribution in [0.2, 0.25) is 0 Å². The van der Waals surface area contributed by atoms with Crippen molar-refractivity contribution in [2.45, 2.75) is 41.5 Å². The van der Waals surface area contributed by atoms with Crippen molar-refractivity contribution < 1.29 is 0 Å². The average molecular weight is 233 g/mol. The van der Waals surface area contributed by atoms with E-state index >= 15 is 0 Å². The first kappa shape index (κ1) is 15.4. The summed E-state index contributed by atoms with van der Waals surface area (Å²) in [5, 5.41) is 4.17. The van der Waals surface area contributed by atoms with Gasteiger partial charge in [0.05, 0.1) is 6.20 Å². The molecule has 0 amide bonds. The first-order valence-corrected chi connectivity index (χ1v) is 6.20. The van der Waals surface area contributed by atoms with Crippen molar-refractivity contribution >= 4 is 0 Å². The average Bonchev–Trinajstić information content (AvgIpc) is 2.82. The van der Waals surface area contributed by atoms with Crippen molar-refractivity contribution in [3.05, 3.63) is 41.9 Å². The molecule has 0 radical (unpaired) electrons. The van der Waals surface area contributed by atoms with E-state index in [1.54, 1.807) is 4.68 Å². The summed E-state index contributed by atoms with van der Waals surface area (Å²) in [6, 6.07) is 3.99. The van der Waals surface area contributed by atoms with Gasteiger partial charge in [0, 0.05) is 12.4 Å². The molecule has 0 unspecified atom stereocenters. The van der Waals surface area contributed by atoms with Crippen LogP contribution in [0.4, 0.5) is 0 Å². The molecule has 0 aromatic carbocycles. The third-order valence-electron chi connectivity index (χ3n) is 1.84. The van der Waals surface area contributed by atoms with Gasteiger partial charge in [-0.25, -0.2) is 9.67 Å². The van der Waals surface area contributed by atoms with E-state index in [0.29, 0.717) is 0 Å². The molecule has 0 saturated carbocycles. The van der Waals surface area contributed by atoms with Crippen LogP contribution in [0, 0.1) is 13.8 Å². The molecule has 0 bridgehead atoms. The molecule has 2 aromatic heterocycles. The molecular weight excluding hydrogens is 210 g/mol. The van der Waals surface area contributed by atoms with Gasteiger partial charge in [-0.2, -0.15) is 5.10 Å². The van der Waals surface area contributed by atoms with Gasteiger partial charge >= 0.3 is 0 Å². The van der Waals surface area contributed by atoms with Crippen molar-refractivity contribution in [1.29, 1.82) is 0 Å². The van der Waals surface area contributed by atoms with Crippen LogP contribution in [-0.2, 0) is 0 Å². The molecule has 2 aromatic rings. The van der Waals surface area contributed by atoms with E-state index in [1.165, 1.54) is 0 Å². The van der Waals surface area contributed by atoms with E-state index < -0.39 is 0 Å². The summed E-state index contributed by atoms with van der Waals surface area (Å²) in [6.07, 6.45) is 5.62. The molecule has 2 rings (SSSR count). The van der Waals surface area contributed by atoms with Crippen LogP contribution < -0.4 is 0 Å². The minimum atomic E-state index is 0.860. The molecule has 0 N–H and O–H groups in total. The standard InChI is InChI=1S/C10H11N3.2C2H6/c1-8-3-4-10(11-5-8)13-7-9(2)6-12-13;2*1-2/h3-7H,1-2H3;2*1-2H3. The van der Waals surface area contributed by atoms with Crippen LogP contribution in [0.1, 0.15) is 38.8 Å². The maximum absolute atomic E-state index is 4.26. The van der Waals surface area contributed by atoms with Crippen LogP contribution in [0.25, 0.3) is 5.82 Å². The summed E-state index contributed by atoms with van der Waals surface area (Å²) in [5.41, 5.74) is 2.30. The first-order valence-electron chi connectivity index (χ1n) is 6.20. The molecule has 3 heteroatoms. The van der Waals surface area contributed by atoms with E-state index in [1.807, 2.05) is 72.3 Å². The quantitative estimate of drug-likeness (QED) is 0.747. The molecular formula is C14H23N3. The number of nitrogens with zero attached hydrogens (tertiary/aromatic N) is 3.